The Hall–Kier alpha value is -0.730. The molecule has 1 aliphatic heterocycles. The van der Waals surface area contributed by atoms with Crippen LogP contribution in [-0.2, 0) is 0 Å². The highest BCUT2D eigenvalue weighted by Gasteiger charge is 2.24. The third kappa shape index (κ3) is 2.27. The minimum absolute atomic E-state index is 0.537. The molecule has 2 rings (SSSR count). The van der Waals surface area contributed by atoms with Gasteiger partial charge >= 0.3 is 0 Å². The topological polar surface area (TPSA) is 15.3 Å². The lowest BCUT2D eigenvalue weighted by molar-refractivity contribution is 0.432. The Morgan fingerprint density at radius 3 is 2.20 bits per heavy atom. The normalized spacial score (nSPS) is 26.7. The van der Waals surface area contributed by atoms with Crippen LogP contribution in [0, 0.1) is 0 Å². The molecule has 0 saturated carbocycles. The van der Waals surface area contributed by atoms with Gasteiger partial charge in [-0.25, -0.2) is 0 Å². The van der Waals surface area contributed by atoms with Gasteiger partial charge in [0.1, 0.15) is 0 Å². The molecule has 1 saturated heterocycles. The molecule has 1 fully saturated rings. The summed E-state index contributed by atoms with van der Waals surface area (Å²) in [6.07, 6.45) is 0. The molecule has 2 nitrogen and oxygen atoms in total. The maximum Gasteiger partial charge on any atom is 0.0407 e. The van der Waals surface area contributed by atoms with Gasteiger partial charge in [-0.05, 0) is 38.1 Å². The molecule has 0 bridgehead atoms. The minimum atomic E-state index is 0.537. The van der Waals surface area contributed by atoms with Gasteiger partial charge in [0.2, 0.25) is 0 Å². The fraction of sp³-hybridized carbons (Fsp3) is 0.500. The number of hydrogen-bond donors (Lipinski definition) is 1. The van der Waals surface area contributed by atoms with Crippen molar-refractivity contribution in [1.29, 1.82) is 0 Å². The highest BCUT2D eigenvalue weighted by atomic mass is 35.5. The summed E-state index contributed by atoms with van der Waals surface area (Å²) in [6, 6.07) is 9.18. The summed E-state index contributed by atoms with van der Waals surface area (Å²) in [4.78, 5) is 2.45. The maximum absolute atomic E-state index is 5.89. The zero-order valence-corrected chi connectivity index (χ0v) is 9.96. The summed E-state index contributed by atoms with van der Waals surface area (Å²) in [7, 11) is 0. The van der Waals surface area contributed by atoms with E-state index in [1.807, 2.05) is 12.1 Å². The van der Waals surface area contributed by atoms with Crippen molar-refractivity contribution in [2.24, 2.45) is 0 Å². The van der Waals surface area contributed by atoms with Gasteiger partial charge in [-0.3, -0.25) is 0 Å². The Labute approximate surface area is 96.2 Å². The van der Waals surface area contributed by atoms with E-state index in [4.69, 9.17) is 11.6 Å². The van der Waals surface area contributed by atoms with E-state index in [-0.39, 0.29) is 0 Å². The molecule has 1 aromatic carbocycles. The van der Waals surface area contributed by atoms with Crippen molar-refractivity contribution in [2.45, 2.75) is 25.9 Å². The molecule has 0 unspecified atom stereocenters. The quantitative estimate of drug-likeness (QED) is 0.789. The van der Waals surface area contributed by atoms with Crippen LogP contribution in [0.15, 0.2) is 24.3 Å². The fourth-order valence-corrected chi connectivity index (χ4v) is 2.38. The molecule has 2 atom stereocenters. The van der Waals surface area contributed by atoms with Crippen LogP contribution in [0.4, 0.5) is 5.69 Å². The number of rotatable bonds is 1. The first-order chi connectivity index (χ1) is 7.18. The largest absolute Gasteiger partial charge is 0.364 e. The van der Waals surface area contributed by atoms with E-state index in [0.717, 1.165) is 18.1 Å². The van der Waals surface area contributed by atoms with Crippen LogP contribution >= 0.6 is 11.6 Å². The van der Waals surface area contributed by atoms with Crippen molar-refractivity contribution in [2.75, 3.05) is 18.0 Å². The Kier molecular flexibility index (Phi) is 3.17. The number of anilines is 1. The third-order valence-corrected chi connectivity index (χ3v) is 3.21. The number of nitrogens with zero attached hydrogens (tertiary/aromatic N) is 1. The monoisotopic (exact) mass is 224 g/mol. The van der Waals surface area contributed by atoms with E-state index < -0.39 is 0 Å². The smallest absolute Gasteiger partial charge is 0.0407 e. The number of halogens is 1. The lowest BCUT2D eigenvalue weighted by atomic mass is 10.1. The van der Waals surface area contributed by atoms with Crippen LogP contribution in [0.25, 0.3) is 0 Å². The van der Waals surface area contributed by atoms with Crippen molar-refractivity contribution in [1.82, 2.24) is 5.32 Å². The van der Waals surface area contributed by atoms with Crippen LogP contribution < -0.4 is 10.2 Å². The van der Waals surface area contributed by atoms with Gasteiger partial charge in [0.15, 0.2) is 0 Å². The summed E-state index contributed by atoms with van der Waals surface area (Å²) in [5.41, 5.74) is 1.26. The minimum Gasteiger partial charge on any atom is -0.364 e. The molecule has 3 heteroatoms. The Bertz CT molecular complexity index is 313. The first kappa shape index (κ1) is 10.8. The van der Waals surface area contributed by atoms with E-state index in [9.17, 15) is 0 Å². The first-order valence-corrected chi connectivity index (χ1v) is 5.81. The van der Waals surface area contributed by atoms with E-state index in [1.165, 1.54) is 5.69 Å². The van der Waals surface area contributed by atoms with Gasteiger partial charge in [0.05, 0.1) is 0 Å². The Balaban J connectivity index is 2.23. The lowest BCUT2D eigenvalue weighted by Gasteiger charge is -2.41. The van der Waals surface area contributed by atoms with Gasteiger partial charge in [0.25, 0.3) is 0 Å². The Morgan fingerprint density at radius 2 is 1.67 bits per heavy atom. The molecule has 0 aromatic heterocycles. The van der Waals surface area contributed by atoms with Crippen molar-refractivity contribution in [3.05, 3.63) is 29.3 Å². The predicted molar refractivity (Wildman–Crippen MR) is 65.7 cm³/mol. The molecule has 0 aliphatic carbocycles. The van der Waals surface area contributed by atoms with Gasteiger partial charge in [-0.1, -0.05) is 11.6 Å². The summed E-state index contributed by atoms with van der Waals surface area (Å²) in [5.74, 6) is 0. The molecule has 1 aromatic rings. The van der Waals surface area contributed by atoms with Crippen molar-refractivity contribution >= 4 is 17.3 Å². The molecule has 0 spiro atoms. The SMILES string of the molecule is C[C@@H]1CNC[C@@H](C)N1c1ccc(Cl)cc1. The van der Waals surface area contributed by atoms with Gasteiger partial charge in [-0.2, -0.15) is 0 Å². The molecule has 0 radical (unpaired) electrons. The molecule has 82 valence electrons. The maximum atomic E-state index is 5.89. The van der Waals surface area contributed by atoms with Crippen LogP contribution in [0.3, 0.4) is 0 Å². The first-order valence-electron chi connectivity index (χ1n) is 5.43. The molecular weight excluding hydrogens is 208 g/mol. The zero-order chi connectivity index (χ0) is 10.8. The van der Waals surface area contributed by atoms with E-state index >= 15 is 0 Å². The number of nitrogens with one attached hydrogen (secondary N) is 1. The average Bonchev–Trinajstić information content (AvgIpc) is 2.20. The fourth-order valence-electron chi connectivity index (χ4n) is 2.25. The highest BCUT2D eigenvalue weighted by molar-refractivity contribution is 6.30. The number of hydrogen-bond acceptors (Lipinski definition) is 2. The molecule has 1 aliphatic rings. The lowest BCUT2D eigenvalue weighted by Crippen LogP contribution is -2.55. The van der Waals surface area contributed by atoms with Crippen LogP contribution in [0.5, 0.6) is 0 Å². The second-order valence-corrected chi connectivity index (χ2v) is 4.68. The molecule has 1 N–H and O–H groups in total. The van der Waals surface area contributed by atoms with Gasteiger partial charge in [0, 0.05) is 35.9 Å². The second kappa shape index (κ2) is 4.42. The van der Waals surface area contributed by atoms with Crippen LogP contribution in [-0.4, -0.2) is 25.2 Å². The predicted octanol–water partition coefficient (Wildman–Crippen LogP) is 2.53. The van der Waals surface area contributed by atoms with Crippen molar-refractivity contribution in [3.63, 3.8) is 0 Å². The molecular formula is C12H17ClN2. The number of piperazine rings is 1. The third-order valence-electron chi connectivity index (χ3n) is 2.95. The van der Waals surface area contributed by atoms with Crippen molar-refractivity contribution < 1.29 is 0 Å². The van der Waals surface area contributed by atoms with Crippen LogP contribution in [0.2, 0.25) is 5.02 Å². The summed E-state index contributed by atoms with van der Waals surface area (Å²) in [5, 5.41) is 4.23. The van der Waals surface area contributed by atoms with E-state index in [0.29, 0.717) is 12.1 Å². The Morgan fingerprint density at radius 1 is 1.13 bits per heavy atom. The molecule has 15 heavy (non-hydrogen) atoms. The summed E-state index contributed by atoms with van der Waals surface area (Å²) in [6.45, 7) is 6.59. The van der Waals surface area contributed by atoms with Gasteiger partial charge < -0.3 is 10.2 Å². The zero-order valence-electron chi connectivity index (χ0n) is 9.20. The standard InChI is InChI=1S/C12H17ClN2/c1-9-7-14-8-10(2)15(9)12-5-3-11(13)4-6-12/h3-6,9-10,14H,7-8H2,1-2H3/t9-,10-/m1/s1. The molecule has 0 amide bonds. The van der Waals surface area contributed by atoms with E-state index in [1.54, 1.807) is 0 Å². The highest BCUT2D eigenvalue weighted by Crippen LogP contribution is 2.23. The average molecular weight is 225 g/mol. The number of benzene rings is 1. The second-order valence-electron chi connectivity index (χ2n) is 4.24. The van der Waals surface area contributed by atoms with Crippen LogP contribution in [0.1, 0.15) is 13.8 Å². The van der Waals surface area contributed by atoms with Gasteiger partial charge in [-0.15, -0.1) is 0 Å². The van der Waals surface area contributed by atoms with E-state index in [2.05, 4.69) is 36.2 Å². The summed E-state index contributed by atoms with van der Waals surface area (Å²) < 4.78 is 0. The van der Waals surface area contributed by atoms with Crippen molar-refractivity contribution in [3.8, 4) is 0 Å². The molecule has 1 heterocycles. The summed E-state index contributed by atoms with van der Waals surface area (Å²) >= 11 is 5.89.